The highest BCUT2D eigenvalue weighted by molar-refractivity contribution is 9.10. The van der Waals surface area contributed by atoms with Gasteiger partial charge in [0.2, 0.25) is 0 Å². The zero-order chi connectivity index (χ0) is 13.1. The summed E-state index contributed by atoms with van der Waals surface area (Å²) >= 11 is 5.19. The molecule has 0 aliphatic heterocycles. The van der Waals surface area contributed by atoms with Crippen molar-refractivity contribution in [2.24, 2.45) is 0 Å². The van der Waals surface area contributed by atoms with Crippen molar-refractivity contribution >= 4 is 27.3 Å². The molecule has 1 nitrogen and oxygen atoms in total. The van der Waals surface area contributed by atoms with Gasteiger partial charge in [-0.25, -0.2) is 4.39 Å². The first kappa shape index (κ1) is 13.7. The Morgan fingerprint density at radius 1 is 1.28 bits per heavy atom. The quantitative estimate of drug-likeness (QED) is 0.793. The third kappa shape index (κ3) is 3.40. The molecule has 18 heavy (non-hydrogen) atoms. The molecule has 1 aromatic carbocycles. The lowest BCUT2D eigenvalue weighted by Crippen LogP contribution is -2.17. The minimum Gasteiger partial charge on any atom is -0.297 e. The molecular formula is C14H15BrFNS. The van der Waals surface area contributed by atoms with Crippen molar-refractivity contribution in [2.75, 3.05) is 7.05 Å². The van der Waals surface area contributed by atoms with E-state index in [9.17, 15) is 4.39 Å². The Labute approximate surface area is 119 Å². The Hall–Kier alpha value is -0.710. The number of aryl methyl sites for hydroxylation is 1. The third-order valence-electron chi connectivity index (χ3n) is 2.84. The van der Waals surface area contributed by atoms with Crippen LogP contribution in [0.1, 0.15) is 16.0 Å². The average molecular weight is 328 g/mol. The average Bonchev–Trinajstić information content (AvgIpc) is 2.69. The van der Waals surface area contributed by atoms with Gasteiger partial charge in [-0.2, -0.15) is 0 Å². The number of hydrogen-bond donors (Lipinski definition) is 0. The molecule has 0 fully saturated rings. The Morgan fingerprint density at radius 2 is 2.06 bits per heavy atom. The minimum atomic E-state index is -0.206. The van der Waals surface area contributed by atoms with Crippen LogP contribution in [0.3, 0.4) is 0 Å². The van der Waals surface area contributed by atoms with E-state index in [4.69, 9.17) is 0 Å². The lowest BCUT2D eigenvalue weighted by atomic mass is 10.2. The maximum absolute atomic E-state index is 13.0. The van der Waals surface area contributed by atoms with E-state index in [1.807, 2.05) is 6.07 Å². The predicted octanol–water partition coefficient (Wildman–Crippen LogP) is 4.59. The van der Waals surface area contributed by atoms with Crippen LogP contribution in [-0.4, -0.2) is 11.9 Å². The van der Waals surface area contributed by atoms with Crippen LogP contribution < -0.4 is 0 Å². The summed E-state index contributed by atoms with van der Waals surface area (Å²) < 4.78 is 13.8. The highest BCUT2D eigenvalue weighted by Gasteiger charge is 2.08. The first-order valence-electron chi connectivity index (χ1n) is 5.71. The summed E-state index contributed by atoms with van der Waals surface area (Å²) in [6.45, 7) is 3.86. The SMILES string of the molecule is Cc1ccsc1CN(C)Cc1ccc(F)cc1Br. The van der Waals surface area contributed by atoms with Crippen LogP contribution >= 0.6 is 27.3 Å². The molecule has 1 aromatic heterocycles. The molecule has 0 amide bonds. The number of hydrogen-bond acceptors (Lipinski definition) is 2. The van der Waals surface area contributed by atoms with Crippen molar-refractivity contribution in [1.82, 2.24) is 4.90 Å². The van der Waals surface area contributed by atoms with Crippen LogP contribution in [0.5, 0.6) is 0 Å². The van der Waals surface area contributed by atoms with Crippen molar-refractivity contribution < 1.29 is 4.39 Å². The maximum atomic E-state index is 13.0. The highest BCUT2D eigenvalue weighted by atomic mass is 79.9. The molecule has 2 rings (SSSR count). The summed E-state index contributed by atoms with van der Waals surface area (Å²) in [6, 6.07) is 6.99. The number of thiophene rings is 1. The van der Waals surface area contributed by atoms with E-state index in [1.165, 1.54) is 22.6 Å². The normalized spacial score (nSPS) is 11.2. The summed E-state index contributed by atoms with van der Waals surface area (Å²) in [6.07, 6.45) is 0. The van der Waals surface area contributed by atoms with Gasteiger partial charge in [0.1, 0.15) is 5.82 Å². The van der Waals surface area contributed by atoms with Gasteiger partial charge in [-0.15, -0.1) is 11.3 Å². The molecule has 0 N–H and O–H groups in total. The smallest absolute Gasteiger partial charge is 0.124 e. The minimum absolute atomic E-state index is 0.206. The standard InChI is InChI=1S/C14H15BrFNS/c1-10-5-6-18-14(10)9-17(2)8-11-3-4-12(16)7-13(11)15/h3-7H,8-9H2,1-2H3. The number of halogens is 2. The van der Waals surface area contributed by atoms with Crippen molar-refractivity contribution in [3.05, 3.63) is 55.9 Å². The molecule has 0 saturated heterocycles. The number of rotatable bonds is 4. The van der Waals surface area contributed by atoms with Gasteiger partial charge >= 0.3 is 0 Å². The van der Waals surface area contributed by atoms with E-state index in [2.05, 4.69) is 46.2 Å². The number of benzene rings is 1. The van der Waals surface area contributed by atoms with E-state index < -0.39 is 0 Å². The summed E-state index contributed by atoms with van der Waals surface area (Å²) in [5, 5.41) is 2.12. The Bertz CT molecular complexity index is 538. The first-order chi connectivity index (χ1) is 8.56. The van der Waals surface area contributed by atoms with E-state index in [1.54, 1.807) is 11.3 Å². The third-order valence-corrected chi connectivity index (χ3v) is 4.58. The highest BCUT2D eigenvalue weighted by Crippen LogP contribution is 2.22. The van der Waals surface area contributed by atoms with Gasteiger partial charge in [-0.1, -0.05) is 22.0 Å². The molecule has 0 unspecified atom stereocenters. The van der Waals surface area contributed by atoms with E-state index in [-0.39, 0.29) is 5.82 Å². The fourth-order valence-corrected chi connectivity index (χ4v) is 3.27. The second-order valence-corrected chi connectivity index (χ2v) is 6.29. The van der Waals surface area contributed by atoms with Gasteiger partial charge in [-0.05, 0) is 48.7 Å². The van der Waals surface area contributed by atoms with Crippen LogP contribution in [0.2, 0.25) is 0 Å². The fourth-order valence-electron chi connectivity index (χ4n) is 1.81. The van der Waals surface area contributed by atoms with Gasteiger partial charge in [0.25, 0.3) is 0 Å². The largest absolute Gasteiger partial charge is 0.297 e. The van der Waals surface area contributed by atoms with Crippen LogP contribution in [0.15, 0.2) is 34.1 Å². The molecule has 1 heterocycles. The van der Waals surface area contributed by atoms with Gasteiger partial charge in [-0.3, -0.25) is 4.90 Å². The molecule has 0 aliphatic rings. The lowest BCUT2D eigenvalue weighted by molar-refractivity contribution is 0.320. The molecular weight excluding hydrogens is 313 g/mol. The van der Waals surface area contributed by atoms with E-state index in [0.717, 1.165) is 23.1 Å². The van der Waals surface area contributed by atoms with Crippen LogP contribution in [0.25, 0.3) is 0 Å². The van der Waals surface area contributed by atoms with Crippen LogP contribution in [0, 0.1) is 12.7 Å². The fraction of sp³-hybridized carbons (Fsp3) is 0.286. The summed E-state index contributed by atoms with van der Waals surface area (Å²) in [7, 11) is 2.08. The molecule has 0 atom stereocenters. The number of nitrogens with zero attached hydrogens (tertiary/aromatic N) is 1. The summed E-state index contributed by atoms with van der Waals surface area (Å²) in [5.41, 5.74) is 2.44. The summed E-state index contributed by atoms with van der Waals surface area (Å²) in [4.78, 5) is 3.62. The van der Waals surface area contributed by atoms with Gasteiger partial charge in [0, 0.05) is 22.4 Å². The second kappa shape index (κ2) is 5.95. The molecule has 96 valence electrons. The molecule has 0 radical (unpaired) electrons. The van der Waals surface area contributed by atoms with Crippen LogP contribution in [0.4, 0.5) is 4.39 Å². The Morgan fingerprint density at radius 3 is 2.67 bits per heavy atom. The van der Waals surface area contributed by atoms with Crippen molar-refractivity contribution in [1.29, 1.82) is 0 Å². The van der Waals surface area contributed by atoms with E-state index >= 15 is 0 Å². The zero-order valence-electron chi connectivity index (χ0n) is 10.4. The molecule has 0 saturated carbocycles. The van der Waals surface area contributed by atoms with Gasteiger partial charge in [0.15, 0.2) is 0 Å². The Kier molecular flexibility index (Phi) is 4.54. The summed E-state index contributed by atoms with van der Waals surface area (Å²) in [5.74, 6) is -0.206. The molecule has 0 aliphatic carbocycles. The monoisotopic (exact) mass is 327 g/mol. The zero-order valence-corrected chi connectivity index (χ0v) is 12.8. The predicted molar refractivity (Wildman–Crippen MR) is 78.3 cm³/mol. The van der Waals surface area contributed by atoms with Crippen LogP contribution in [-0.2, 0) is 13.1 Å². The van der Waals surface area contributed by atoms with Gasteiger partial charge < -0.3 is 0 Å². The molecule has 0 bridgehead atoms. The molecule has 0 spiro atoms. The second-order valence-electron chi connectivity index (χ2n) is 4.43. The van der Waals surface area contributed by atoms with E-state index in [0.29, 0.717) is 0 Å². The topological polar surface area (TPSA) is 3.24 Å². The van der Waals surface area contributed by atoms with Crippen molar-refractivity contribution in [3.63, 3.8) is 0 Å². The molecule has 4 heteroatoms. The van der Waals surface area contributed by atoms with Gasteiger partial charge in [0.05, 0.1) is 0 Å². The van der Waals surface area contributed by atoms with Crippen molar-refractivity contribution in [3.8, 4) is 0 Å². The van der Waals surface area contributed by atoms with Crippen molar-refractivity contribution in [2.45, 2.75) is 20.0 Å². The Balaban J connectivity index is 2.03. The maximum Gasteiger partial charge on any atom is 0.124 e. The molecule has 2 aromatic rings. The lowest BCUT2D eigenvalue weighted by Gasteiger charge is -2.17. The first-order valence-corrected chi connectivity index (χ1v) is 7.39.